The van der Waals surface area contributed by atoms with Crippen molar-refractivity contribution >= 4 is 32.3 Å². The second kappa shape index (κ2) is 2.03. The van der Waals surface area contributed by atoms with Gasteiger partial charge in [-0.1, -0.05) is 0 Å². The Balaban J connectivity index is 3.14. The number of anilines is 1. The first-order valence-corrected chi connectivity index (χ1v) is 3.69. The van der Waals surface area contributed by atoms with Gasteiger partial charge in [-0.25, -0.2) is 4.98 Å². The van der Waals surface area contributed by atoms with Crippen LogP contribution in [0.25, 0.3) is 0 Å². The number of hydrogen-bond donors (Lipinski definition) is 1. The number of aromatic nitrogens is 1. The smallest absolute Gasteiger partial charge is 0.140 e. The van der Waals surface area contributed by atoms with Crippen molar-refractivity contribution in [3.63, 3.8) is 0 Å². The maximum absolute atomic E-state index is 5.45. The third-order valence-electron chi connectivity index (χ3n) is 0.717. The number of nitrogen functional groups attached to an aromatic ring is 1. The molecule has 1 heterocycles. The highest BCUT2D eigenvalue weighted by atomic mass is 79.9. The van der Waals surface area contributed by atoms with Crippen LogP contribution >= 0.6 is 27.3 Å². The molecule has 0 radical (unpaired) electrons. The van der Waals surface area contributed by atoms with Crippen molar-refractivity contribution in [1.82, 2.24) is 4.98 Å². The van der Waals surface area contributed by atoms with Gasteiger partial charge >= 0.3 is 0 Å². The topological polar surface area (TPSA) is 38.9 Å². The zero-order chi connectivity index (χ0) is 6.15. The highest BCUT2D eigenvalue weighted by Crippen LogP contribution is 2.24. The lowest BCUT2D eigenvalue weighted by atomic mass is 10.8. The molecule has 1 aromatic heterocycles. The second-order valence-electron chi connectivity index (χ2n) is 1.39. The standard InChI is InChI=1S/C4H5BrN2S/c1-2-7-3(5)4(6)8-2/h6H2,1H3. The van der Waals surface area contributed by atoms with Crippen LogP contribution in [0.2, 0.25) is 0 Å². The summed E-state index contributed by atoms with van der Waals surface area (Å²) in [5, 5.41) is 1.75. The first-order valence-electron chi connectivity index (χ1n) is 2.08. The first kappa shape index (κ1) is 6.04. The molecule has 2 nitrogen and oxygen atoms in total. The number of nitrogens with two attached hydrogens (primary N) is 1. The lowest BCUT2D eigenvalue weighted by Gasteiger charge is -1.76. The number of nitrogens with zero attached hydrogens (tertiary/aromatic N) is 1. The Kier molecular flexibility index (Phi) is 1.53. The quantitative estimate of drug-likeness (QED) is 0.682. The van der Waals surface area contributed by atoms with E-state index in [1.54, 1.807) is 0 Å². The summed E-state index contributed by atoms with van der Waals surface area (Å²) in [5.41, 5.74) is 5.45. The number of thiazole rings is 1. The van der Waals surface area contributed by atoms with Crippen LogP contribution in [0.5, 0.6) is 0 Å². The number of halogens is 1. The summed E-state index contributed by atoms with van der Waals surface area (Å²) in [5.74, 6) is 0. The molecule has 0 saturated heterocycles. The van der Waals surface area contributed by atoms with Crippen LogP contribution in [0.1, 0.15) is 5.01 Å². The highest BCUT2D eigenvalue weighted by Gasteiger charge is 1.98. The zero-order valence-corrected chi connectivity index (χ0v) is 6.71. The summed E-state index contributed by atoms with van der Waals surface area (Å²) in [7, 11) is 0. The summed E-state index contributed by atoms with van der Waals surface area (Å²) in [6.45, 7) is 1.92. The average Bonchev–Trinajstić information content (AvgIpc) is 1.85. The molecule has 0 saturated carbocycles. The molecule has 44 valence electrons. The van der Waals surface area contributed by atoms with Crippen molar-refractivity contribution in [2.75, 3.05) is 5.73 Å². The van der Waals surface area contributed by atoms with Gasteiger partial charge in [0.2, 0.25) is 0 Å². The van der Waals surface area contributed by atoms with E-state index in [9.17, 15) is 0 Å². The van der Waals surface area contributed by atoms with Crippen molar-refractivity contribution < 1.29 is 0 Å². The molecule has 0 fully saturated rings. The molecule has 1 rings (SSSR count). The Morgan fingerprint density at radius 2 is 2.38 bits per heavy atom. The molecule has 0 unspecified atom stereocenters. The van der Waals surface area contributed by atoms with Gasteiger partial charge in [0.1, 0.15) is 9.60 Å². The molecule has 1 aromatic rings. The van der Waals surface area contributed by atoms with E-state index in [4.69, 9.17) is 5.73 Å². The van der Waals surface area contributed by atoms with Gasteiger partial charge in [-0.2, -0.15) is 0 Å². The number of aryl methyl sites for hydroxylation is 1. The molecule has 4 heteroatoms. The maximum Gasteiger partial charge on any atom is 0.140 e. The largest absolute Gasteiger partial charge is 0.388 e. The van der Waals surface area contributed by atoms with Crippen molar-refractivity contribution in [3.8, 4) is 0 Å². The van der Waals surface area contributed by atoms with E-state index in [1.165, 1.54) is 11.3 Å². The minimum absolute atomic E-state index is 0.752. The van der Waals surface area contributed by atoms with E-state index in [1.807, 2.05) is 6.92 Å². The molecule has 8 heavy (non-hydrogen) atoms. The summed E-state index contributed by atoms with van der Waals surface area (Å²) in [6, 6.07) is 0. The molecule has 0 bridgehead atoms. The van der Waals surface area contributed by atoms with E-state index in [0.29, 0.717) is 0 Å². The van der Waals surface area contributed by atoms with E-state index >= 15 is 0 Å². The highest BCUT2D eigenvalue weighted by molar-refractivity contribution is 9.10. The Labute approximate surface area is 59.9 Å². The van der Waals surface area contributed by atoms with Crippen molar-refractivity contribution in [3.05, 3.63) is 9.61 Å². The molecule has 0 amide bonds. The number of rotatable bonds is 0. The van der Waals surface area contributed by atoms with Gasteiger partial charge in [0, 0.05) is 0 Å². The van der Waals surface area contributed by atoms with Gasteiger partial charge in [0.15, 0.2) is 0 Å². The average molecular weight is 193 g/mol. The van der Waals surface area contributed by atoms with Crippen LogP contribution in [0.4, 0.5) is 5.00 Å². The monoisotopic (exact) mass is 192 g/mol. The van der Waals surface area contributed by atoms with E-state index in [-0.39, 0.29) is 0 Å². The van der Waals surface area contributed by atoms with Crippen LogP contribution in [-0.2, 0) is 0 Å². The Hall–Kier alpha value is -0.0900. The molecule has 2 N–H and O–H groups in total. The van der Waals surface area contributed by atoms with Gasteiger partial charge in [0.05, 0.1) is 5.01 Å². The van der Waals surface area contributed by atoms with Crippen molar-refractivity contribution in [2.24, 2.45) is 0 Å². The predicted molar refractivity (Wildman–Crippen MR) is 39.0 cm³/mol. The molecule has 0 atom stereocenters. The summed E-state index contributed by atoms with van der Waals surface area (Å²) >= 11 is 4.68. The fourth-order valence-corrected chi connectivity index (χ4v) is 1.63. The van der Waals surface area contributed by atoms with Crippen molar-refractivity contribution in [1.29, 1.82) is 0 Å². The normalized spacial score (nSPS) is 9.75. The van der Waals surface area contributed by atoms with E-state index < -0.39 is 0 Å². The molecule has 0 spiro atoms. The van der Waals surface area contributed by atoms with E-state index in [2.05, 4.69) is 20.9 Å². The molecular formula is C4H5BrN2S. The van der Waals surface area contributed by atoms with Crippen LogP contribution in [0.3, 0.4) is 0 Å². The second-order valence-corrected chi connectivity index (χ2v) is 3.37. The van der Waals surface area contributed by atoms with Gasteiger partial charge in [-0.15, -0.1) is 11.3 Å². The lowest BCUT2D eigenvalue weighted by molar-refractivity contribution is 1.26. The van der Waals surface area contributed by atoms with Gasteiger partial charge in [-0.3, -0.25) is 0 Å². The van der Waals surface area contributed by atoms with Crippen LogP contribution in [0, 0.1) is 6.92 Å². The third-order valence-corrected chi connectivity index (χ3v) is 2.38. The molecule has 0 aliphatic heterocycles. The summed E-state index contributed by atoms with van der Waals surface area (Å²) in [6.07, 6.45) is 0. The summed E-state index contributed by atoms with van der Waals surface area (Å²) in [4.78, 5) is 4.02. The SMILES string of the molecule is Cc1nc(Br)c(N)s1. The molecule has 0 aliphatic rings. The molecular weight excluding hydrogens is 188 g/mol. The Morgan fingerprint density at radius 1 is 1.75 bits per heavy atom. The Bertz CT molecular complexity index is 176. The Morgan fingerprint density at radius 3 is 2.50 bits per heavy atom. The fraction of sp³-hybridized carbons (Fsp3) is 0.250. The van der Waals surface area contributed by atoms with Gasteiger partial charge < -0.3 is 5.73 Å². The van der Waals surface area contributed by atoms with Crippen LogP contribution in [-0.4, -0.2) is 4.98 Å². The number of hydrogen-bond acceptors (Lipinski definition) is 3. The minimum Gasteiger partial charge on any atom is -0.388 e. The molecule has 0 aliphatic carbocycles. The van der Waals surface area contributed by atoms with Crippen LogP contribution in [0.15, 0.2) is 4.60 Å². The minimum atomic E-state index is 0.752. The lowest BCUT2D eigenvalue weighted by Crippen LogP contribution is -1.77. The molecule has 0 aromatic carbocycles. The van der Waals surface area contributed by atoms with Gasteiger partial charge in [0.25, 0.3) is 0 Å². The van der Waals surface area contributed by atoms with E-state index in [0.717, 1.165) is 14.6 Å². The first-order chi connectivity index (χ1) is 3.70. The third kappa shape index (κ3) is 1.00. The maximum atomic E-state index is 5.45. The van der Waals surface area contributed by atoms with Crippen molar-refractivity contribution in [2.45, 2.75) is 6.92 Å². The van der Waals surface area contributed by atoms with Gasteiger partial charge in [-0.05, 0) is 22.9 Å². The summed E-state index contributed by atoms with van der Waals surface area (Å²) < 4.78 is 0.764. The fourth-order valence-electron chi connectivity index (χ4n) is 0.417. The predicted octanol–water partition coefficient (Wildman–Crippen LogP) is 1.80. The zero-order valence-electron chi connectivity index (χ0n) is 4.31. The van der Waals surface area contributed by atoms with Crippen LogP contribution < -0.4 is 5.73 Å².